The summed E-state index contributed by atoms with van der Waals surface area (Å²) in [6, 6.07) is 16.0. The highest BCUT2D eigenvalue weighted by Gasteiger charge is 2.34. The molecule has 1 saturated heterocycles. The fourth-order valence-corrected chi connectivity index (χ4v) is 6.37. The number of aliphatic imine (C=N–C) groups is 1. The summed E-state index contributed by atoms with van der Waals surface area (Å²) in [5.41, 5.74) is 11.3. The highest BCUT2D eigenvalue weighted by Crippen LogP contribution is 2.44. The van der Waals surface area contributed by atoms with Gasteiger partial charge in [-0.15, -0.1) is 0 Å². The third kappa shape index (κ3) is 6.43. The normalized spacial score (nSPS) is 17.6. The van der Waals surface area contributed by atoms with E-state index < -0.39 is 0 Å². The molecule has 0 bridgehead atoms. The van der Waals surface area contributed by atoms with Crippen molar-refractivity contribution in [3.05, 3.63) is 94.1 Å². The molecule has 0 spiro atoms. The maximum atomic E-state index is 13.2. The largest absolute Gasteiger partial charge is 0.481 e. The Labute approximate surface area is 258 Å². The van der Waals surface area contributed by atoms with Crippen molar-refractivity contribution < 1.29 is 4.74 Å². The fraction of sp³-hybridized carbons (Fsp3) is 0.400. The first-order chi connectivity index (χ1) is 21.4. The number of hydrogen-bond acceptors (Lipinski definition) is 7. The van der Waals surface area contributed by atoms with Crippen LogP contribution in [0.15, 0.2) is 76.6 Å². The highest BCUT2D eigenvalue weighted by atomic mass is 16.5. The molecule has 6 rings (SSSR count). The number of nitrogens with zero attached hydrogens (tertiary/aromatic N) is 6. The van der Waals surface area contributed by atoms with Crippen LogP contribution in [0, 0.1) is 17.8 Å². The fourth-order valence-electron chi connectivity index (χ4n) is 6.37. The Morgan fingerprint density at radius 3 is 2.57 bits per heavy atom. The van der Waals surface area contributed by atoms with Gasteiger partial charge in [0.2, 0.25) is 5.88 Å². The van der Waals surface area contributed by atoms with Crippen LogP contribution in [0.1, 0.15) is 49.6 Å². The van der Waals surface area contributed by atoms with E-state index in [9.17, 15) is 4.79 Å². The number of nitrogens with two attached hydrogens (primary N) is 1. The molecular weight excluding hydrogens is 550 g/mol. The van der Waals surface area contributed by atoms with Gasteiger partial charge in [-0.3, -0.25) is 14.3 Å². The zero-order chi connectivity index (χ0) is 30.6. The van der Waals surface area contributed by atoms with Crippen molar-refractivity contribution >= 4 is 22.9 Å². The predicted molar refractivity (Wildman–Crippen MR) is 175 cm³/mol. The van der Waals surface area contributed by atoms with Gasteiger partial charge in [0.05, 0.1) is 31.3 Å². The number of aromatic nitrogens is 4. The number of allylic oxidation sites excluding steroid dienone is 1. The van der Waals surface area contributed by atoms with E-state index in [1.54, 1.807) is 30.0 Å². The second-order valence-electron chi connectivity index (χ2n) is 12.2. The van der Waals surface area contributed by atoms with Gasteiger partial charge in [0.15, 0.2) is 5.82 Å². The molecule has 2 fully saturated rings. The number of ether oxygens (including phenoxy) is 1. The lowest BCUT2D eigenvalue weighted by Gasteiger charge is -2.29. The highest BCUT2D eigenvalue weighted by molar-refractivity contribution is 5.77. The Morgan fingerprint density at radius 1 is 1.09 bits per heavy atom. The van der Waals surface area contributed by atoms with Crippen LogP contribution in [0.2, 0.25) is 0 Å². The number of hydrogen-bond donors (Lipinski definition) is 1. The third-order valence-corrected chi connectivity index (χ3v) is 9.17. The predicted octanol–water partition coefficient (Wildman–Crippen LogP) is 5.13. The molecular formula is C35H41N7O2. The lowest BCUT2D eigenvalue weighted by molar-refractivity contribution is 0.219. The summed E-state index contributed by atoms with van der Waals surface area (Å²) < 4.78 is 7.33. The number of piperidine rings is 1. The van der Waals surface area contributed by atoms with Gasteiger partial charge in [0, 0.05) is 29.4 Å². The zero-order valence-corrected chi connectivity index (χ0v) is 25.8. The van der Waals surface area contributed by atoms with Crippen LogP contribution in [-0.2, 0) is 17.7 Å². The van der Waals surface area contributed by atoms with Gasteiger partial charge in [-0.1, -0.05) is 37.3 Å². The van der Waals surface area contributed by atoms with Gasteiger partial charge >= 0.3 is 0 Å². The van der Waals surface area contributed by atoms with Crippen LogP contribution in [0.5, 0.6) is 0 Å². The van der Waals surface area contributed by atoms with Crippen LogP contribution in [0.3, 0.4) is 0 Å². The number of rotatable bonds is 10. The van der Waals surface area contributed by atoms with E-state index in [1.165, 1.54) is 24.7 Å². The summed E-state index contributed by atoms with van der Waals surface area (Å²) in [7, 11) is 3.77. The van der Waals surface area contributed by atoms with Crippen molar-refractivity contribution in [1.29, 1.82) is 0 Å². The minimum atomic E-state index is -0.121. The quantitative estimate of drug-likeness (QED) is 0.155. The number of fused-ring (bicyclic) bond motifs is 1. The van der Waals surface area contributed by atoms with E-state index in [-0.39, 0.29) is 11.5 Å². The standard InChI is InChI=1S/C35H41N7O2/c1-23(26-10-11-26)31(35(44-3)39-22-36)33-38-20-29-12-13-30(43)42(34(29)40-33)21-25-6-8-27(9-7-25)32-28(5-4-16-37-32)19-24-14-17-41(2)18-15-24/h4-9,12-13,16,20,22-24,26H,10-11,14-15,17-19,21H2,1-3H3,(H2,36,39)/b35-31-. The van der Waals surface area contributed by atoms with E-state index >= 15 is 0 Å². The molecule has 9 heteroatoms. The average Bonchev–Trinajstić information content (AvgIpc) is 3.90. The van der Waals surface area contributed by atoms with Crippen LogP contribution < -0.4 is 11.3 Å². The average molecular weight is 592 g/mol. The first-order valence-corrected chi connectivity index (χ1v) is 15.6. The molecule has 1 saturated carbocycles. The van der Waals surface area contributed by atoms with E-state index in [0.29, 0.717) is 35.7 Å². The van der Waals surface area contributed by atoms with E-state index in [2.05, 4.69) is 59.2 Å². The molecule has 4 heterocycles. The lowest BCUT2D eigenvalue weighted by atomic mass is 9.88. The van der Waals surface area contributed by atoms with Gasteiger partial charge in [0.1, 0.15) is 5.65 Å². The van der Waals surface area contributed by atoms with Crippen molar-refractivity contribution in [2.45, 2.75) is 45.6 Å². The number of likely N-dealkylation sites (tertiary alicyclic amines) is 1. The monoisotopic (exact) mass is 591 g/mol. The molecule has 0 radical (unpaired) electrons. The van der Waals surface area contributed by atoms with Gasteiger partial charge in [-0.25, -0.2) is 15.0 Å². The molecule has 44 heavy (non-hydrogen) atoms. The summed E-state index contributed by atoms with van der Waals surface area (Å²) in [5, 5.41) is 0.789. The number of pyridine rings is 2. The molecule has 4 aromatic rings. The number of benzene rings is 1. The molecule has 1 aromatic carbocycles. The molecule has 2 N–H and O–H groups in total. The van der Waals surface area contributed by atoms with Crippen molar-refractivity contribution in [2.24, 2.45) is 28.5 Å². The molecule has 3 aromatic heterocycles. The molecule has 1 aliphatic carbocycles. The summed E-state index contributed by atoms with van der Waals surface area (Å²) in [4.78, 5) is 34.3. The second-order valence-corrected chi connectivity index (χ2v) is 12.2. The van der Waals surface area contributed by atoms with Crippen molar-refractivity contribution in [3.63, 3.8) is 0 Å². The second kappa shape index (κ2) is 13.1. The van der Waals surface area contributed by atoms with E-state index in [1.807, 2.05) is 12.3 Å². The minimum absolute atomic E-state index is 0.121. The van der Waals surface area contributed by atoms with Crippen LogP contribution in [0.25, 0.3) is 27.9 Å². The van der Waals surface area contributed by atoms with Crippen molar-refractivity contribution in [2.75, 3.05) is 27.2 Å². The van der Waals surface area contributed by atoms with Gasteiger partial charge < -0.3 is 15.4 Å². The summed E-state index contributed by atoms with van der Waals surface area (Å²) in [6.45, 7) is 4.83. The van der Waals surface area contributed by atoms with Crippen molar-refractivity contribution in [1.82, 2.24) is 24.4 Å². The maximum Gasteiger partial charge on any atom is 0.252 e. The lowest BCUT2D eigenvalue weighted by Crippen LogP contribution is -2.31. The minimum Gasteiger partial charge on any atom is -0.481 e. The van der Waals surface area contributed by atoms with Gasteiger partial charge in [0.25, 0.3) is 5.56 Å². The van der Waals surface area contributed by atoms with E-state index in [4.69, 9.17) is 20.4 Å². The molecule has 1 atom stereocenters. The number of methoxy groups -OCH3 is 1. The Bertz CT molecular complexity index is 1730. The molecule has 228 valence electrons. The van der Waals surface area contributed by atoms with Gasteiger partial charge in [-0.05, 0) is 93.3 Å². The van der Waals surface area contributed by atoms with Crippen LogP contribution in [-0.4, -0.2) is 58.0 Å². The topological polar surface area (TPSA) is 112 Å². The Kier molecular flexibility index (Phi) is 8.84. The maximum absolute atomic E-state index is 13.2. The first-order valence-electron chi connectivity index (χ1n) is 15.6. The zero-order valence-electron chi connectivity index (χ0n) is 25.8. The summed E-state index contributed by atoms with van der Waals surface area (Å²) in [6.07, 6.45) is 10.6. The van der Waals surface area contributed by atoms with Crippen LogP contribution >= 0.6 is 0 Å². The Morgan fingerprint density at radius 2 is 1.86 bits per heavy atom. The smallest absolute Gasteiger partial charge is 0.252 e. The molecule has 2 aliphatic rings. The first kappa shape index (κ1) is 29.7. The van der Waals surface area contributed by atoms with Gasteiger partial charge in [-0.2, -0.15) is 0 Å². The third-order valence-electron chi connectivity index (χ3n) is 9.17. The van der Waals surface area contributed by atoms with Crippen molar-refractivity contribution in [3.8, 4) is 11.3 Å². The molecule has 1 aliphatic heterocycles. The summed E-state index contributed by atoms with van der Waals surface area (Å²) >= 11 is 0. The summed E-state index contributed by atoms with van der Waals surface area (Å²) in [5.74, 6) is 2.24. The Balaban J connectivity index is 1.30. The Hall–Kier alpha value is -4.37. The van der Waals surface area contributed by atoms with E-state index in [0.717, 1.165) is 60.1 Å². The SMILES string of the molecule is COC(/N=C\N)=C(\c1ncc2ccc(=O)n(Cc3ccc(-c4ncccc4CC4CCN(C)CC4)cc3)c2n1)C(C)C1CC1. The van der Waals surface area contributed by atoms with Crippen LogP contribution in [0.4, 0.5) is 0 Å². The molecule has 9 nitrogen and oxygen atoms in total. The molecule has 1 unspecified atom stereocenters. The molecule has 0 amide bonds.